The van der Waals surface area contributed by atoms with Gasteiger partial charge in [-0.25, -0.2) is 4.98 Å². The Kier molecular flexibility index (Phi) is 4.87. The van der Waals surface area contributed by atoms with E-state index in [1.807, 2.05) is 25.1 Å². The minimum atomic E-state index is -0.107. The molecule has 8 heteroatoms. The molecule has 0 radical (unpaired) electrons. The van der Waals surface area contributed by atoms with Gasteiger partial charge in [0.25, 0.3) is 5.91 Å². The van der Waals surface area contributed by atoms with Gasteiger partial charge in [0.05, 0.1) is 23.2 Å². The number of imidazole rings is 1. The second-order valence-electron chi connectivity index (χ2n) is 8.77. The molecule has 0 atom stereocenters. The second kappa shape index (κ2) is 8.04. The van der Waals surface area contributed by atoms with Gasteiger partial charge in [0.1, 0.15) is 11.4 Å². The lowest BCUT2D eigenvalue weighted by molar-refractivity contribution is 0.0929. The summed E-state index contributed by atoms with van der Waals surface area (Å²) in [6.07, 6.45) is 2.78. The predicted molar refractivity (Wildman–Crippen MR) is 126 cm³/mol. The summed E-state index contributed by atoms with van der Waals surface area (Å²) in [5.74, 6) is 1.45. The number of nitrogens with one attached hydrogen (secondary N) is 4. The Labute approximate surface area is 191 Å². The van der Waals surface area contributed by atoms with E-state index in [0.717, 1.165) is 67.0 Å². The molecule has 2 aromatic carbocycles. The molecule has 6 rings (SSSR count). The molecule has 4 aromatic rings. The normalized spacial score (nSPS) is 16.0. The van der Waals surface area contributed by atoms with Crippen molar-refractivity contribution >= 4 is 16.9 Å². The lowest BCUT2D eigenvalue weighted by Gasteiger charge is -2.23. The van der Waals surface area contributed by atoms with Gasteiger partial charge in [-0.1, -0.05) is 18.2 Å². The lowest BCUT2D eigenvalue weighted by atomic mass is 9.98. The molecule has 8 nitrogen and oxygen atoms in total. The molecule has 1 amide bonds. The van der Waals surface area contributed by atoms with E-state index in [1.165, 1.54) is 11.1 Å². The molecule has 4 heterocycles. The van der Waals surface area contributed by atoms with Crippen LogP contribution in [0.2, 0.25) is 0 Å². The van der Waals surface area contributed by atoms with Crippen molar-refractivity contribution in [3.05, 3.63) is 53.2 Å². The van der Waals surface area contributed by atoms with E-state index in [2.05, 4.69) is 44.0 Å². The van der Waals surface area contributed by atoms with Gasteiger partial charge in [-0.3, -0.25) is 9.89 Å². The fourth-order valence-electron chi connectivity index (χ4n) is 4.88. The maximum absolute atomic E-state index is 13.1. The van der Waals surface area contributed by atoms with Crippen molar-refractivity contribution in [3.63, 3.8) is 0 Å². The highest BCUT2D eigenvalue weighted by Gasteiger charge is 2.25. The Hall–Kier alpha value is -3.65. The summed E-state index contributed by atoms with van der Waals surface area (Å²) in [5.41, 5.74) is 7.11. The third-order valence-electron chi connectivity index (χ3n) is 6.61. The van der Waals surface area contributed by atoms with Crippen molar-refractivity contribution in [2.75, 3.05) is 19.7 Å². The average Bonchev–Trinajstić information content (AvgIpc) is 3.56. The quantitative estimate of drug-likeness (QED) is 0.388. The second-order valence-corrected chi connectivity index (χ2v) is 8.77. The summed E-state index contributed by atoms with van der Waals surface area (Å²) in [4.78, 5) is 21.2. The third-order valence-corrected chi connectivity index (χ3v) is 6.61. The number of carbonyl (C=O) groups is 1. The van der Waals surface area contributed by atoms with Crippen LogP contribution in [0.5, 0.6) is 5.75 Å². The van der Waals surface area contributed by atoms with Crippen LogP contribution in [0.1, 0.15) is 34.5 Å². The van der Waals surface area contributed by atoms with Crippen LogP contribution in [-0.2, 0) is 6.42 Å². The standard InChI is InChI=1S/C25H26N6O2/c1-14-22(25(32)27-16-7-10-26-11-8-16)23(31-30-14)24-28-19-6-5-15(13-20(19)29-24)17-3-2-4-21-18(17)9-12-33-21/h2-6,13,16,26H,7-12H2,1H3,(H,27,32)(H,28,29)(H,30,31). The number of hydrogen-bond acceptors (Lipinski definition) is 5. The summed E-state index contributed by atoms with van der Waals surface area (Å²) in [5, 5.41) is 13.9. The van der Waals surface area contributed by atoms with Crippen molar-refractivity contribution < 1.29 is 9.53 Å². The van der Waals surface area contributed by atoms with Gasteiger partial charge in [-0.2, -0.15) is 5.10 Å². The number of carbonyl (C=O) groups excluding carboxylic acids is 1. The Balaban J connectivity index is 1.34. The Bertz CT molecular complexity index is 1350. The van der Waals surface area contributed by atoms with Crippen molar-refractivity contribution in [1.29, 1.82) is 0 Å². The molecule has 2 aliphatic rings. The Morgan fingerprint density at radius 1 is 1.18 bits per heavy atom. The van der Waals surface area contributed by atoms with Crippen LogP contribution in [0.4, 0.5) is 0 Å². The number of ether oxygens (including phenoxy) is 1. The van der Waals surface area contributed by atoms with Gasteiger partial charge in [0, 0.05) is 23.7 Å². The number of benzene rings is 2. The maximum atomic E-state index is 13.1. The minimum absolute atomic E-state index is 0.107. The molecule has 0 aliphatic carbocycles. The van der Waals surface area contributed by atoms with E-state index >= 15 is 0 Å². The van der Waals surface area contributed by atoms with Crippen LogP contribution in [0.3, 0.4) is 0 Å². The van der Waals surface area contributed by atoms with E-state index < -0.39 is 0 Å². The summed E-state index contributed by atoms with van der Waals surface area (Å²) < 4.78 is 5.73. The van der Waals surface area contributed by atoms with E-state index in [1.54, 1.807) is 0 Å². The Morgan fingerprint density at radius 3 is 2.94 bits per heavy atom. The molecule has 4 N–H and O–H groups in total. The highest BCUT2D eigenvalue weighted by atomic mass is 16.5. The fraction of sp³-hybridized carbons (Fsp3) is 0.320. The molecule has 2 aromatic heterocycles. The molecular formula is C25H26N6O2. The Morgan fingerprint density at radius 2 is 2.06 bits per heavy atom. The van der Waals surface area contributed by atoms with Gasteiger partial charge >= 0.3 is 0 Å². The fourth-order valence-corrected chi connectivity index (χ4v) is 4.88. The monoisotopic (exact) mass is 442 g/mol. The minimum Gasteiger partial charge on any atom is -0.493 e. The van der Waals surface area contributed by atoms with E-state index in [0.29, 0.717) is 17.1 Å². The highest BCUT2D eigenvalue weighted by molar-refractivity contribution is 6.01. The van der Waals surface area contributed by atoms with E-state index in [4.69, 9.17) is 9.72 Å². The summed E-state index contributed by atoms with van der Waals surface area (Å²) in [6, 6.07) is 12.6. The van der Waals surface area contributed by atoms with Crippen LogP contribution in [-0.4, -0.2) is 51.8 Å². The molecule has 1 fully saturated rings. The van der Waals surface area contributed by atoms with Crippen LogP contribution in [0.15, 0.2) is 36.4 Å². The van der Waals surface area contributed by atoms with Crippen LogP contribution < -0.4 is 15.4 Å². The number of hydrogen-bond donors (Lipinski definition) is 4. The van der Waals surface area contributed by atoms with Gasteiger partial charge in [0.15, 0.2) is 5.82 Å². The SMILES string of the molecule is Cc1[nH]nc(-c2nc3ccc(-c4cccc5c4CCO5)cc3[nH]2)c1C(=O)NC1CCNCC1. The number of nitrogens with zero attached hydrogens (tertiary/aromatic N) is 2. The number of aryl methyl sites for hydroxylation is 1. The number of aromatic amines is 2. The van der Waals surface area contributed by atoms with Crippen LogP contribution >= 0.6 is 0 Å². The zero-order chi connectivity index (χ0) is 22.4. The van der Waals surface area contributed by atoms with Crippen molar-refractivity contribution in [2.45, 2.75) is 32.2 Å². The zero-order valence-electron chi connectivity index (χ0n) is 18.5. The first kappa shape index (κ1) is 20.0. The maximum Gasteiger partial charge on any atom is 0.255 e. The van der Waals surface area contributed by atoms with Crippen LogP contribution in [0.25, 0.3) is 33.7 Å². The topological polar surface area (TPSA) is 108 Å². The zero-order valence-corrected chi connectivity index (χ0v) is 18.5. The first-order valence-electron chi connectivity index (χ1n) is 11.5. The molecule has 2 aliphatic heterocycles. The molecule has 1 saturated heterocycles. The number of amides is 1. The average molecular weight is 443 g/mol. The largest absolute Gasteiger partial charge is 0.493 e. The third kappa shape index (κ3) is 3.56. The molecule has 0 spiro atoms. The van der Waals surface area contributed by atoms with Crippen LogP contribution in [0, 0.1) is 6.92 Å². The van der Waals surface area contributed by atoms with Crippen molar-refractivity contribution in [2.24, 2.45) is 0 Å². The summed E-state index contributed by atoms with van der Waals surface area (Å²) in [6.45, 7) is 4.44. The first-order valence-corrected chi connectivity index (χ1v) is 11.5. The number of piperidine rings is 1. The first-order chi connectivity index (χ1) is 16.2. The van der Waals surface area contributed by atoms with Gasteiger partial charge in [-0.05, 0) is 62.2 Å². The lowest BCUT2D eigenvalue weighted by Crippen LogP contribution is -2.42. The summed E-state index contributed by atoms with van der Waals surface area (Å²) in [7, 11) is 0. The van der Waals surface area contributed by atoms with E-state index in [9.17, 15) is 4.79 Å². The van der Waals surface area contributed by atoms with Gasteiger partial charge < -0.3 is 20.4 Å². The molecule has 0 bridgehead atoms. The molecule has 0 saturated carbocycles. The summed E-state index contributed by atoms with van der Waals surface area (Å²) >= 11 is 0. The molecule has 0 unspecified atom stereocenters. The van der Waals surface area contributed by atoms with Crippen molar-refractivity contribution in [1.82, 2.24) is 30.8 Å². The number of H-pyrrole nitrogens is 2. The smallest absolute Gasteiger partial charge is 0.255 e. The van der Waals surface area contributed by atoms with Gasteiger partial charge in [-0.15, -0.1) is 0 Å². The number of fused-ring (bicyclic) bond motifs is 2. The number of rotatable bonds is 4. The van der Waals surface area contributed by atoms with E-state index in [-0.39, 0.29) is 11.9 Å². The predicted octanol–water partition coefficient (Wildman–Crippen LogP) is 3.35. The molecule has 33 heavy (non-hydrogen) atoms. The van der Waals surface area contributed by atoms with Gasteiger partial charge in [0.2, 0.25) is 0 Å². The highest BCUT2D eigenvalue weighted by Crippen LogP contribution is 2.36. The molecule has 168 valence electrons. The van der Waals surface area contributed by atoms with Crippen molar-refractivity contribution in [3.8, 4) is 28.4 Å². The number of aromatic nitrogens is 4. The molecular weight excluding hydrogens is 416 g/mol.